The van der Waals surface area contributed by atoms with E-state index in [1.807, 2.05) is 0 Å². The van der Waals surface area contributed by atoms with E-state index >= 15 is 0 Å². The summed E-state index contributed by atoms with van der Waals surface area (Å²) in [4.78, 5) is 12.0. The Bertz CT molecular complexity index is 739. The molecular formula is C13H13BrN2O3S2. The van der Waals surface area contributed by atoms with Crippen LogP contribution >= 0.6 is 27.3 Å². The summed E-state index contributed by atoms with van der Waals surface area (Å²) in [5.74, 6) is -0.197. The van der Waals surface area contributed by atoms with Gasteiger partial charge in [0, 0.05) is 16.8 Å². The van der Waals surface area contributed by atoms with E-state index < -0.39 is 10.0 Å². The normalized spacial score (nSPS) is 11.1. The number of rotatable bonds is 5. The first kappa shape index (κ1) is 16.0. The predicted molar refractivity (Wildman–Crippen MR) is 89.5 cm³/mol. The summed E-state index contributed by atoms with van der Waals surface area (Å²) < 4.78 is 26.2. The fourth-order valence-corrected chi connectivity index (χ4v) is 3.28. The van der Waals surface area contributed by atoms with Crippen LogP contribution in [0.3, 0.4) is 0 Å². The third kappa shape index (κ3) is 4.55. The first-order chi connectivity index (χ1) is 9.89. The van der Waals surface area contributed by atoms with Crippen LogP contribution in [0, 0.1) is 0 Å². The minimum absolute atomic E-state index is 0.0124. The summed E-state index contributed by atoms with van der Waals surface area (Å²) in [6, 6.07) is 8.24. The van der Waals surface area contributed by atoms with Gasteiger partial charge in [0.1, 0.15) is 0 Å². The minimum Gasteiger partial charge on any atom is -0.322 e. The molecule has 0 radical (unpaired) electrons. The Labute approximate surface area is 135 Å². The zero-order valence-electron chi connectivity index (χ0n) is 11.1. The second-order valence-corrected chi connectivity index (χ2v) is 8.48. The Morgan fingerprint density at radius 2 is 1.86 bits per heavy atom. The quantitative estimate of drug-likeness (QED) is 0.822. The van der Waals surface area contributed by atoms with Crippen LogP contribution in [0.25, 0.3) is 0 Å². The Kier molecular flexibility index (Phi) is 5.02. The van der Waals surface area contributed by atoms with Crippen molar-refractivity contribution in [3.05, 3.63) is 45.1 Å². The van der Waals surface area contributed by atoms with Gasteiger partial charge in [-0.1, -0.05) is 0 Å². The van der Waals surface area contributed by atoms with Crippen molar-refractivity contribution in [3.63, 3.8) is 0 Å². The van der Waals surface area contributed by atoms with E-state index in [4.69, 9.17) is 0 Å². The smallest absolute Gasteiger partial charge is 0.256 e. The molecule has 21 heavy (non-hydrogen) atoms. The molecule has 0 bridgehead atoms. The average Bonchev–Trinajstić information content (AvgIpc) is 2.87. The third-order valence-electron chi connectivity index (χ3n) is 2.63. The highest BCUT2D eigenvalue weighted by molar-refractivity contribution is 9.11. The van der Waals surface area contributed by atoms with Crippen molar-refractivity contribution in [1.29, 1.82) is 0 Å². The molecule has 1 heterocycles. The lowest BCUT2D eigenvalue weighted by Crippen LogP contribution is -2.14. The summed E-state index contributed by atoms with van der Waals surface area (Å²) in [7, 11) is -3.29. The Hall–Kier alpha value is -1.38. The van der Waals surface area contributed by atoms with Gasteiger partial charge in [0.05, 0.1) is 15.1 Å². The van der Waals surface area contributed by atoms with Crippen LogP contribution in [0.15, 0.2) is 39.5 Å². The molecule has 0 saturated carbocycles. The highest BCUT2D eigenvalue weighted by Gasteiger charge is 2.09. The van der Waals surface area contributed by atoms with Crippen LogP contribution in [-0.2, 0) is 10.0 Å². The number of anilines is 2. The fraction of sp³-hybridized carbons (Fsp3) is 0.154. The highest BCUT2D eigenvalue weighted by atomic mass is 79.9. The Morgan fingerprint density at radius 1 is 1.24 bits per heavy atom. The molecule has 0 unspecified atom stereocenters. The largest absolute Gasteiger partial charge is 0.322 e. The lowest BCUT2D eigenvalue weighted by molar-refractivity contribution is 0.102. The third-order valence-corrected chi connectivity index (χ3v) is 5.44. The van der Waals surface area contributed by atoms with Crippen molar-refractivity contribution in [2.24, 2.45) is 0 Å². The molecule has 1 amide bonds. The van der Waals surface area contributed by atoms with Crippen molar-refractivity contribution in [2.45, 2.75) is 6.92 Å². The fourth-order valence-electron chi connectivity index (χ4n) is 1.51. The molecule has 1 aromatic carbocycles. The van der Waals surface area contributed by atoms with Gasteiger partial charge in [-0.25, -0.2) is 8.42 Å². The number of thiophene rings is 1. The molecule has 0 aliphatic rings. The highest BCUT2D eigenvalue weighted by Crippen LogP contribution is 2.22. The SMILES string of the molecule is CCS(=O)(=O)Nc1ccc(NC(=O)c2csc(Br)c2)cc1. The number of benzene rings is 1. The predicted octanol–water partition coefficient (Wildman–Crippen LogP) is 3.52. The van der Waals surface area contributed by atoms with Gasteiger partial charge in [0.2, 0.25) is 10.0 Å². The molecular weight excluding hydrogens is 376 g/mol. The summed E-state index contributed by atoms with van der Waals surface area (Å²) in [6.07, 6.45) is 0. The first-order valence-corrected chi connectivity index (χ1v) is 9.38. The summed E-state index contributed by atoms with van der Waals surface area (Å²) in [6.45, 7) is 1.57. The summed E-state index contributed by atoms with van der Waals surface area (Å²) in [5.41, 5.74) is 1.64. The van der Waals surface area contributed by atoms with E-state index in [0.29, 0.717) is 16.9 Å². The van der Waals surface area contributed by atoms with Crippen LogP contribution in [0.5, 0.6) is 0 Å². The molecule has 8 heteroatoms. The number of carbonyl (C=O) groups excluding carboxylic acids is 1. The van der Waals surface area contributed by atoms with E-state index in [1.54, 1.807) is 42.6 Å². The molecule has 1 aromatic heterocycles. The lowest BCUT2D eigenvalue weighted by atomic mass is 10.2. The molecule has 5 nitrogen and oxygen atoms in total. The van der Waals surface area contributed by atoms with Gasteiger partial charge in [-0.05, 0) is 53.2 Å². The molecule has 2 N–H and O–H groups in total. The van der Waals surface area contributed by atoms with Gasteiger partial charge in [-0.3, -0.25) is 9.52 Å². The van der Waals surface area contributed by atoms with Gasteiger partial charge in [-0.2, -0.15) is 0 Å². The van der Waals surface area contributed by atoms with Crippen molar-refractivity contribution >= 4 is 54.6 Å². The standard InChI is InChI=1S/C13H13BrN2O3S2/c1-2-21(18,19)16-11-5-3-10(4-6-11)15-13(17)9-7-12(14)20-8-9/h3-8,16H,2H2,1H3,(H,15,17). The zero-order chi connectivity index (χ0) is 15.5. The van der Waals surface area contributed by atoms with Crippen molar-refractivity contribution in [1.82, 2.24) is 0 Å². The molecule has 0 aliphatic carbocycles. The summed E-state index contributed by atoms with van der Waals surface area (Å²) in [5, 5.41) is 4.50. The van der Waals surface area contributed by atoms with E-state index in [2.05, 4.69) is 26.0 Å². The van der Waals surface area contributed by atoms with E-state index in [-0.39, 0.29) is 11.7 Å². The van der Waals surface area contributed by atoms with Crippen LogP contribution in [0.1, 0.15) is 17.3 Å². The number of halogens is 1. The maximum absolute atomic E-state index is 12.0. The van der Waals surface area contributed by atoms with Crippen LogP contribution in [-0.4, -0.2) is 20.1 Å². The van der Waals surface area contributed by atoms with Crippen molar-refractivity contribution < 1.29 is 13.2 Å². The molecule has 0 atom stereocenters. The first-order valence-electron chi connectivity index (χ1n) is 6.05. The minimum atomic E-state index is -3.29. The van der Waals surface area contributed by atoms with Crippen molar-refractivity contribution in [2.75, 3.05) is 15.8 Å². The Morgan fingerprint density at radius 3 is 2.38 bits per heavy atom. The maximum atomic E-state index is 12.0. The molecule has 2 aromatic rings. The molecule has 0 saturated heterocycles. The average molecular weight is 389 g/mol. The topological polar surface area (TPSA) is 75.3 Å². The molecule has 0 spiro atoms. The van der Waals surface area contributed by atoms with Crippen LogP contribution in [0.2, 0.25) is 0 Å². The number of amides is 1. The monoisotopic (exact) mass is 388 g/mol. The summed E-state index contributed by atoms with van der Waals surface area (Å²) >= 11 is 4.74. The Balaban J connectivity index is 2.04. The second kappa shape index (κ2) is 6.59. The van der Waals surface area contributed by atoms with Gasteiger partial charge in [-0.15, -0.1) is 11.3 Å². The van der Waals surface area contributed by atoms with Gasteiger partial charge in [0.15, 0.2) is 0 Å². The number of nitrogens with one attached hydrogen (secondary N) is 2. The van der Waals surface area contributed by atoms with E-state index in [0.717, 1.165) is 3.79 Å². The van der Waals surface area contributed by atoms with Crippen LogP contribution in [0.4, 0.5) is 11.4 Å². The van der Waals surface area contributed by atoms with Crippen molar-refractivity contribution in [3.8, 4) is 0 Å². The second-order valence-electron chi connectivity index (χ2n) is 4.18. The molecule has 2 rings (SSSR count). The maximum Gasteiger partial charge on any atom is 0.256 e. The number of carbonyl (C=O) groups is 1. The molecule has 112 valence electrons. The van der Waals surface area contributed by atoms with Gasteiger partial charge in [0.25, 0.3) is 5.91 Å². The number of sulfonamides is 1. The zero-order valence-corrected chi connectivity index (χ0v) is 14.3. The molecule has 0 fully saturated rings. The van der Waals surface area contributed by atoms with E-state index in [9.17, 15) is 13.2 Å². The van der Waals surface area contributed by atoms with Gasteiger partial charge >= 0.3 is 0 Å². The van der Waals surface area contributed by atoms with E-state index in [1.165, 1.54) is 11.3 Å². The van der Waals surface area contributed by atoms with Crippen LogP contribution < -0.4 is 10.0 Å². The number of hydrogen-bond donors (Lipinski definition) is 2. The lowest BCUT2D eigenvalue weighted by Gasteiger charge is -2.08. The van der Waals surface area contributed by atoms with Gasteiger partial charge < -0.3 is 5.32 Å². The number of hydrogen-bond acceptors (Lipinski definition) is 4. The molecule has 0 aliphatic heterocycles.